The first-order valence-electron chi connectivity index (χ1n) is 6.70. The van der Waals surface area contributed by atoms with Gasteiger partial charge in [-0.05, 0) is 31.5 Å². The van der Waals surface area contributed by atoms with Gasteiger partial charge in [0.25, 0.3) is 0 Å². The maximum atomic E-state index is 12.5. The van der Waals surface area contributed by atoms with Crippen molar-refractivity contribution in [2.24, 2.45) is 0 Å². The second-order valence-corrected chi connectivity index (χ2v) is 5.82. The molecule has 0 unspecified atom stereocenters. The van der Waals surface area contributed by atoms with Gasteiger partial charge in [-0.3, -0.25) is 9.48 Å². The molecule has 0 saturated heterocycles. The quantitative estimate of drug-likeness (QED) is 0.726. The highest BCUT2D eigenvalue weighted by Gasteiger charge is 2.19. The van der Waals surface area contributed by atoms with E-state index in [1.165, 1.54) is 0 Å². The molecule has 2 aromatic rings. The van der Waals surface area contributed by atoms with Gasteiger partial charge in [-0.25, -0.2) is 0 Å². The smallest absolute Gasteiger partial charge is 0.170 e. The van der Waals surface area contributed by atoms with Gasteiger partial charge in [0.15, 0.2) is 5.78 Å². The molecule has 1 aromatic heterocycles. The number of benzene rings is 1. The Morgan fingerprint density at radius 3 is 2.57 bits per heavy atom. The molecule has 1 heterocycles. The monoisotopic (exact) mass is 344 g/mol. The van der Waals surface area contributed by atoms with Gasteiger partial charge in [-0.15, -0.1) is 0 Å². The summed E-state index contributed by atoms with van der Waals surface area (Å²) in [7, 11) is 0. The molecular weight excluding hydrogens is 331 g/mol. The molecule has 0 radical (unpaired) electrons. The number of aromatic nitrogens is 2. The molecule has 0 spiro atoms. The highest BCUT2D eigenvalue weighted by molar-refractivity contribution is 6.36. The van der Waals surface area contributed by atoms with Crippen LogP contribution in [0.4, 0.5) is 0 Å². The summed E-state index contributed by atoms with van der Waals surface area (Å²) >= 11 is 18.3. The van der Waals surface area contributed by atoms with Crippen molar-refractivity contribution in [1.29, 1.82) is 0 Å². The van der Waals surface area contributed by atoms with Crippen LogP contribution in [-0.2, 0) is 19.4 Å². The minimum Gasteiger partial charge on any atom is -0.294 e. The number of nitrogens with zero attached hydrogens (tertiary/aromatic N) is 2. The molecule has 0 amide bonds. The standard InChI is InChI=1S/C15H15Cl3N2O/c1-3-12-15(18)13(20(4-2)19-12)8-14(21)10-7-9(16)5-6-11(10)17/h5-7H,3-4,8H2,1-2H3. The van der Waals surface area contributed by atoms with Crippen LogP contribution in [0.2, 0.25) is 15.1 Å². The molecule has 112 valence electrons. The molecule has 0 atom stereocenters. The van der Waals surface area contributed by atoms with E-state index in [0.29, 0.717) is 27.2 Å². The molecule has 0 saturated carbocycles. The SMILES string of the molecule is CCc1nn(CC)c(CC(=O)c2cc(Cl)ccc2Cl)c1Cl. The maximum absolute atomic E-state index is 12.5. The molecule has 0 aliphatic heterocycles. The molecule has 0 aliphatic carbocycles. The van der Waals surface area contributed by atoms with Crippen LogP contribution in [0.3, 0.4) is 0 Å². The highest BCUT2D eigenvalue weighted by atomic mass is 35.5. The Labute approximate surface area is 138 Å². The third kappa shape index (κ3) is 3.42. The summed E-state index contributed by atoms with van der Waals surface area (Å²) in [4.78, 5) is 12.5. The number of carbonyl (C=O) groups excluding carboxylic acids is 1. The van der Waals surface area contributed by atoms with Crippen LogP contribution in [0.15, 0.2) is 18.2 Å². The lowest BCUT2D eigenvalue weighted by molar-refractivity contribution is 0.0990. The number of Topliss-reactive ketones (excluding diaryl/α,β-unsaturated/α-hetero) is 1. The van der Waals surface area contributed by atoms with Crippen LogP contribution in [-0.4, -0.2) is 15.6 Å². The fourth-order valence-electron chi connectivity index (χ4n) is 2.14. The van der Waals surface area contributed by atoms with E-state index in [2.05, 4.69) is 5.10 Å². The van der Waals surface area contributed by atoms with Crippen molar-refractivity contribution in [3.63, 3.8) is 0 Å². The molecule has 6 heteroatoms. The number of hydrogen-bond acceptors (Lipinski definition) is 2. The van der Waals surface area contributed by atoms with Gasteiger partial charge in [0.05, 0.1) is 27.9 Å². The van der Waals surface area contributed by atoms with Gasteiger partial charge in [-0.1, -0.05) is 41.7 Å². The number of aryl methyl sites for hydroxylation is 2. The lowest BCUT2D eigenvalue weighted by atomic mass is 10.1. The number of rotatable bonds is 5. The number of halogens is 3. The first-order chi connectivity index (χ1) is 9.97. The Morgan fingerprint density at radius 2 is 1.95 bits per heavy atom. The first-order valence-corrected chi connectivity index (χ1v) is 7.83. The topological polar surface area (TPSA) is 34.9 Å². The molecule has 1 aromatic carbocycles. The molecule has 3 nitrogen and oxygen atoms in total. The van der Waals surface area contributed by atoms with Crippen molar-refractivity contribution in [3.05, 3.63) is 50.2 Å². The van der Waals surface area contributed by atoms with E-state index in [-0.39, 0.29) is 12.2 Å². The van der Waals surface area contributed by atoms with Crippen LogP contribution in [0.5, 0.6) is 0 Å². The highest BCUT2D eigenvalue weighted by Crippen LogP contribution is 2.26. The van der Waals surface area contributed by atoms with E-state index in [1.54, 1.807) is 22.9 Å². The van der Waals surface area contributed by atoms with Gasteiger partial charge in [0, 0.05) is 17.1 Å². The summed E-state index contributed by atoms with van der Waals surface area (Å²) < 4.78 is 1.76. The Hall–Kier alpha value is -1.03. The Bertz CT molecular complexity index is 680. The minimum absolute atomic E-state index is 0.123. The Kier molecular flexibility index (Phi) is 5.31. The first kappa shape index (κ1) is 16.3. The molecule has 0 fully saturated rings. The summed E-state index contributed by atoms with van der Waals surface area (Å²) in [5.74, 6) is -0.123. The van der Waals surface area contributed by atoms with E-state index < -0.39 is 0 Å². The van der Waals surface area contributed by atoms with E-state index in [0.717, 1.165) is 17.8 Å². The van der Waals surface area contributed by atoms with Gasteiger partial charge in [-0.2, -0.15) is 5.10 Å². The average molecular weight is 346 g/mol. The van der Waals surface area contributed by atoms with Crippen LogP contribution in [0.25, 0.3) is 0 Å². The van der Waals surface area contributed by atoms with E-state index in [4.69, 9.17) is 34.8 Å². The van der Waals surface area contributed by atoms with Gasteiger partial charge >= 0.3 is 0 Å². The molecule has 2 rings (SSSR count). The second kappa shape index (κ2) is 6.82. The Morgan fingerprint density at radius 1 is 1.24 bits per heavy atom. The van der Waals surface area contributed by atoms with E-state index in [9.17, 15) is 4.79 Å². The number of carbonyl (C=O) groups is 1. The van der Waals surface area contributed by atoms with Crippen molar-refractivity contribution < 1.29 is 4.79 Å². The average Bonchev–Trinajstić information content (AvgIpc) is 2.77. The van der Waals surface area contributed by atoms with Crippen molar-refractivity contribution in [3.8, 4) is 0 Å². The summed E-state index contributed by atoms with van der Waals surface area (Å²) in [6.07, 6.45) is 0.880. The van der Waals surface area contributed by atoms with Crippen molar-refractivity contribution >= 4 is 40.6 Å². The lowest BCUT2D eigenvalue weighted by Gasteiger charge is -2.07. The molecule has 0 aliphatic rings. The zero-order valence-electron chi connectivity index (χ0n) is 11.8. The molecule has 0 bridgehead atoms. The minimum atomic E-state index is -0.123. The summed E-state index contributed by atoms with van der Waals surface area (Å²) in [5.41, 5.74) is 1.93. The zero-order chi connectivity index (χ0) is 15.6. The van der Waals surface area contributed by atoms with E-state index in [1.807, 2.05) is 13.8 Å². The second-order valence-electron chi connectivity index (χ2n) is 4.60. The summed E-state index contributed by atoms with van der Waals surface area (Å²) in [5, 5.41) is 5.83. The fraction of sp³-hybridized carbons (Fsp3) is 0.333. The van der Waals surface area contributed by atoms with Crippen LogP contribution < -0.4 is 0 Å². The van der Waals surface area contributed by atoms with Crippen molar-refractivity contribution in [1.82, 2.24) is 9.78 Å². The molecular formula is C15H15Cl3N2O. The molecule has 21 heavy (non-hydrogen) atoms. The van der Waals surface area contributed by atoms with Gasteiger partial charge in [0.2, 0.25) is 0 Å². The van der Waals surface area contributed by atoms with E-state index >= 15 is 0 Å². The number of ketones is 1. The summed E-state index contributed by atoms with van der Waals surface area (Å²) in [6, 6.07) is 4.85. The number of hydrogen-bond donors (Lipinski definition) is 0. The predicted molar refractivity (Wildman–Crippen MR) is 86.8 cm³/mol. The Balaban J connectivity index is 2.35. The van der Waals surface area contributed by atoms with Crippen LogP contribution in [0.1, 0.15) is 35.6 Å². The van der Waals surface area contributed by atoms with Crippen molar-refractivity contribution in [2.45, 2.75) is 33.2 Å². The largest absolute Gasteiger partial charge is 0.294 e. The van der Waals surface area contributed by atoms with Gasteiger partial charge in [0.1, 0.15) is 0 Å². The lowest BCUT2D eigenvalue weighted by Crippen LogP contribution is -2.10. The van der Waals surface area contributed by atoms with Crippen LogP contribution in [0, 0.1) is 0 Å². The summed E-state index contributed by atoms with van der Waals surface area (Å²) in [6.45, 7) is 4.60. The third-order valence-electron chi connectivity index (χ3n) is 3.25. The predicted octanol–water partition coefficient (Wildman–Crippen LogP) is 4.85. The van der Waals surface area contributed by atoms with Gasteiger partial charge < -0.3 is 0 Å². The maximum Gasteiger partial charge on any atom is 0.170 e. The fourth-order valence-corrected chi connectivity index (χ4v) is 2.88. The normalized spacial score (nSPS) is 10.9. The van der Waals surface area contributed by atoms with Crippen molar-refractivity contribution in [2.75, 3.05) is 0 Å². The zero-order valence-corrected chi connectivity index (χ0v) is 14.1. The molecule has 0 N–H and O–H groups in total. The van der Waals surface area contributed by atoms with Crippen LogP contribution >= 0.6 is 34.8 Å². The third-order valence-corrected chi connectivity index (χ3v) is 4.25.